The van der Waals surface area contributed by atoms with E-state index in [2.05, 4.69) is 9.88 Å². The zero-order chi connectivity index (χ0) is 10.8. The Hall–Kier alpha value is -1.14. The molecule has 1 fully saturated rings. The number of primary amides is 1. The molecule has 5 nitrogen and oxygen atoms in total. The highest BCUT2D eigenvalue weighted by Crippen LogP contribution is 2.23. The third kappa shape index (κ3) is 2.27. The van der Waals surface area contributed by atoms with E-state index >= 15 is 0 Å². The summed E-state index contributed by atoms with van der Waals surface area (Å²) in [5, 5.41) is 2.57. The lowest BCUT2D eigenvalue weighted by molar-refractivity contribution is 0.0996. The van der Waals surface area contributed by atoms with Gasteiger partial charge in [-0.25, -0.2) is 4.98 Å². The Bertz CT molecular complexity index is 357. The Morgan fingerprint density at radius 2 is 2.20 bits per heavy atom. The highest BCUT2D eigenvalue weighted by atomic mass is 32.1. The quantitative estimate of drug-likeness (QED) is 0.752. The van der Waals surface area contributed by atoms with Crippen LogP contribution in [-0.4, -0.2) is 30.0 Å². The first-order valence-corrected chi connectivity index (χ1v) is 5.80. The number of carbonyl (C=O) groups is 1. The lowest BCUT2D eigenvalue weighted by atomic mass is 10.1. The van der Waals surface area contributed by atoms with Crippen LogP contribution >= 0.6 is 11.3 Å². The molecule has 1 saturated heterocycles. The first kappa shape index (κ1) is 10.4. The summed E-state index contributed by atoms with van der Waals surface area (Å²) in [7, 11) is 0. The first-order chi connectivity index (χ1) is 7.16. The lowest BCUT2D eigenvalue weighted by Crippen LogP contribution is -2.39. The smallest absolute Gasteiger partial charge is 0.268 e. The molecule has 1 aromatic heterocycles. The maximum atomic E-state index is 10.9. The average molecular weight is 226 g/mol. The van der Waals surface area contributed by atoms with Crippen LogP contribution in [0, 0.1) is 0 Å². The van der Waals surface area contributed by atoms with E-state index in [9.17, 15) is 4.79 Å². The number of carbonyl (C=O) groups excluding carboxylic acids is 1. The number of nitrogens with zero attached hydrogens (tertiary/aromatic N) is 2. The molecule has 0 aliphatic carbocycles. The Balaban J connectivity index is 2.06. The molecule has 2 heterocycles. The molecule has 1 aromatic rings. The van der Waals surface area contributed by atoms with E-state index in [0.29, 0.717) is 11.7 Å². The monoisotopic (exact) mass is 226 g/mol. The minimum atomic E-state index is -0.466. The molecule has 2 rings (SSSR count). The number of nitrogens with two attached hydrogens (primary N) is 2. The molecule has 0 unspecified atom stereocenters. The molecule has 0 bridgehead atoms. The van der Waals surface area contributed by atoms with Crippen LogP contribution in [0.15, 0.2) is 5.38 Å². The van der Waals surface area contributed by atoms with Crippen molar-refractivity contribution in [2.45, 2.75) is 18.9 Å². The van der Waals surface area contributed by atoms with Gasteiger partial charge in [-0.15, -0.1) is 11.3 Å². The fourth-order valence-electron chi connectivity index (χ4n) is 1.61. The van der Waals surface area contributed by atoms with Gasteiger partial charge in [-0.3, -0.25) is 4.79 Å². The summed E-state index contributed by atoms with van der Waals surface area (Å²) in [6.45, 7) is 1.82. The summed E-state index contributed by atoms with van der Waals surface area (Å²) in [6.07, 6.45) is 1.96. The second-order valence-electron chi connectivity index (χ2n) is 3.70. The highest BCUT2D eigenvalue weighted by molar-refractivity contribution is 7.13. The van der Waals surface area contributed by atoms with Crippen LogP contribution in [-0.2, 0) is 0 Å². The summed E-state index contributed by atoms with van der Waals surface area (Å²) >= 11 is 1.46. The summed E-state index contributed by atoms with van der Waals surface area (Å²) in [6, 6.07) is 0.303. The summed E-state index contributed by atoms with van der Waals surface area (Å²) in [5.74, 6) is -0.466. The van der Waals surface area contributed by atoms with Gasteiger partial charge in [-0.1, -0.05) is 0 Å². The number of amides is 1. The number of hydrogen-bond acceptors (Lipinski definition) is 5. The van der Waals surface area contributed by atoms with Crippen LogP contribution in [0.5, 0.6) is 0 Å². The predicted molar refractivity (Wildman–Crippen MR) is 60.1 cm³/mol. The van der Waals surface area contributed by atoms with Gasteiger partial charge in [0.2, 0.25) is 0 Å². The minimum absolute atomic E-state index is 0.303. The maximum absolute atomic E-state index is 10.9. The molecule has 0 aromatic carbocycles. The van der Waals surface area contributed by atoms with Gasteiger partial charge in [0, 0.05) is 24.5 Å². The van der Waals surface area contributed by atoms with Crippen LogP contribution in [0.2, 0.25) is 0 Å². The molecular formula is C9H14N4OS. The normalized spacial score (nSPS) is 18.1. The molecule has 82 valence electrons. The van der Waals surface area contributed by atoms with Crippen molar-refractivity contribution in [2.75, 3.05) is 18.0 Å². The van der Waals surface area contributed by atoms with Crippen LogP contribution in [0.4, 0.5) is 5.13 Å². The largest absolute Gasteiger partial charge is 0.364 e. The van der Waals surface area contributed by atoms with Gasteiger partial charge in [-0.2, -0.15) is 0 Å². The Morgan fingerprint density at radius 1 is 1.53 bits per heavy atom. The molecule has 1 amide bonds. The number of anilines is 1. The van der Waals surface area contributed by atoms with Crippen molar-refractivity contribution in [3.05, 3.63) is 11.1 Å². The number of rotatable bonds is 2. The molecule has 1 aliphatic heterocycles. The van der Waals surface area contributed by atoms with Gasteiger partial charge in [-0.05, 0) is 12.8 Å². The van der Waals surface area contributed by atoms with Crippen LogP contribution < -0.4 is 16.4 Å². The topological polar surface area (TPSA) is 85.2 Å². The number of piperidine rings is 1. The zero-order valence-electron chi connectivity index (χ0n) is 8.35. The van der Waals surface area contributed by atoms with Gasteiger partial charge in [0.15, 0.2) is 5.13 Å². The summed E-state index contributed by atoms with van der Waals surface area (Å²) in [4.78, 5) is 17.2. The van der Waals surface area contributed by atoms with E-state index in [4.69, 9.17) is 11.5 Å². The molecule has 6 heteroatoms. The SMILES string of the molecule is NC(=O)c1csc(N2CCC(N)CC2)n1. The van der Waals surface area contributed by atoms with Crippen molar-refractivity contribution >= 4 is 22.4 Å². The van der Waals surface area contributed by atoms with E-state index in [1.54, 1.807) is 5.38 Å². The Morgan fingerprint density at radius 3 is 2.73 bits per heavy atom. The van der Waals surface area contributed by atoms with E-state index in [1.807, 2.05) is 0 Å². The summed E-state index contributed by atoms with van der Waals surface area (Å²) < 4.78 is 0. The second-order valence-corrected chi connectivity index (χ2v) is 4.54. The van der Waals surface area contributed by atoms with Crippen molar-refractivity contribution in [3.63, 3.8) is 0 Å². The van der Waals surface area contributed by atoms with Crippen molar-refractivity contribution in [1.29, 1.82) is 0 Å². The Labute approximate surface area is 92.1 Å². The Kier molecular flexibility index (Phi) is 2.88. The number of thiazole rings is 1. The molecule has 1 aliphatic rings. The highest BCUT2D eigenvalue weighted by Gasteiger charge is 2.19. The van der Waals surface area contributed by atoms with Gasteiger partial charge in [0.1, 0.15) is 5.69 Å². The third-order valence-electron chi connectivity index (χ3n) is 2.55. The van der Waals surface area contributed by atoms with Gasteiger partial charge in [0.25, 0.3) is 5.91 Å². The van der Waals surface area contributed by atoms with Crippen molar-refractivity contribution in [2.24, 2.45) is 11.5 Å². The number of aromatic nitrogens is 1. The number of hydrogen-bond donors (Lipinski definition) is 2. The predicted octanol–water partition coefficient (Wildman–Crippen LogP) is 0.169. The van der Waals surface area contributed by atoms with Crippen LogP contribution in [0.25, 0.3) is 0 Å². The van der Waals surface area contributed by atoms with E-state index in [-0.39, 0.29) is 0 Å². The third-order valence-corrected chi connectivity index (χ3v) is 3.46. The second kappa shape index (κ2) is 4.16. The van der Waals surface area contributed by atoms with Gasteiger partial charge in [0.05, 0.1) is 0 Å². The molecule has 0 atom stereocenters. The average Bonchev–Trinajstić information content (AvgIpc) is 2.68. The molecule has 4 N–H and O–H groups in total. The van der Waals surface area contributed by atoms with E-state index < -0.39 is 5.91 Å². The van der Waals surface area contributed by atoms with Crippen molar-refractivity contribution in [3.8, 4) is 0 Å². The van der Waals surface area contributed by atoms with Crippen molar-refractivity contribution in [1.82, 2.24) is 4.98 Å². The first-order valence-electron chi connectivity index (χ1n) is 4.92. The molecule has 15 heavy (non-hydrogen) atoms. The van der Waals surface area contributed by atoms with E-state index in [0.717, 1.165) is 31.1 Å². The maximum Gasteiger partial charge on any atom is 0.268 e. The van der Waals surface area contributed by atoms with Crippen LogP contribution in [0.1, 0.15) is 23.3 Å². The zero-order valence-corrected chi connectivity index (χ0v) is 9.17. The van der Waals surface area contributed by atoms with Crippen LogP contribution in [0.3, 0.4) is 0 Å². The molecule has 0 spiro atoms. The standard InChI is InChI=1S/C9H14N4OS/c10-6-1-3-13(4-2-6)9-12-7(5-15-9)8(11)14/h5-6H,1-4,10H2,(H2,11,14). The summed E-state index contributed by atoms with van der Waals surface area (Å²) in [5.41, 5.74) is 11.3. The minimum Gasteiger partial charge on any atom is -0.364 e. The van der Waals surface area contributed by atoms with Crippen molar-refractivity contribution < 1.29 is 4.79 Å². The molecular weight excluding hydrogens is 212 g/mol. The van der Waals surface area contributed by atoms with Gasteiger partial charge >= 0.3 is 0 Å². The van der Waals surface area contributed by atoms with Gasteiger partial charge < -0.3 is 16.4 Å². The molecule has 0 saturated carbocycles. The fraction of sp³-hybridized carbons (Fsp3) is 0.556. The van der Waals surface area contributed by atoms with E-state index in [1.165, 1.54) is 11.3 Å². The molecule has 0 radical (unpaired) electrons. The fourth-order valence-corrected chi connectivity index (χ4v) is 2.48. The lowest BCUT2D eigenvalue weighted by Gasteiger charge is -2.29.